The molecule has 0 heterocycles. The number of methoxy groups -OCH3 is 2. The van der Waals surface area contributed by atoms with Gasteiger partial charge in [-0.05, 0) is 17.7 Å². The lowest BCUT2D eigenvalue weighted by molar-refractivity contribution is 0.394. The summed E-state index contributed by atoms with van der Waals surface area (Å²) in [6.45, 7) is 0. The molecule has 0 saturated heterocycles. The Bertz CT molecular complexity index is 299. The number of halogens is 1. The van der Waals surface area contributed by atoms with Crippen LogP contribution < -0.4 is 9.47 Å². The Morgan fingerprint density at radius 2 is 1.71 bits per heavy atom. The Hall–Kier alpha value is -1.15. The van der Waals surface area contributed by atoms with Gasteiger partial charge in [-0.15, -0.1) is 11.6 Å². The first-order valence-electron chi connectivity index (χ1n) is 4.25. The molecule has 14 heavy (non-hydrogen) atoms. The summed E-state index contributed by atoms with van der Waals surface area (Å²) in [7, 11) is 3.26. The van der Waals surface area contributed by atoms with Crippen molar-refractivity contribution in [2.75, 3.05) is 20.1 Å². The number of benzene rings is 1. The molecule has 0 radical (unpaired) electrons. The van der Waals surface area contributed by atoms with E-state index in [9.17, 15) is 0 Å². The summed E-state index contributed by atoms with van der Waals surface area (Å²) in [5, 5.41) is 0. The predicted molar refractivity (Wildman–Crippen MR) is 59.3 cm³/mol. The molecule has 0 fully saturated rings. The zero-order valence-corrected chi connectivity index (χ0v) is 9.04. The molecule has 0 aliphatic heterocycles. The van der Waals surface area contributed by atoms with E-state index >= 15 is 0 Å². The van der Waals surface area contributed by atoms with Gasteiger partial charge in [-0.1, -0.05) is 12.2 Å². The van der Waals surface area contributed by atoms with Gasteiger partial charge in [0.1, 0.15) is 11.5 Å². The van der Waals surface area contributed by atoms with Crippen LogP contribution in [0.1, 0.15) is 5.56 Å². The zero-order valence-electron chi connectivity index (χ0n) is 8.29. The fraction of sp³-hybridized carbons (Fsp3) is 0.273. The van der Waals surface area contributed by atoms with Crippen molar-refractivity contribution in [1.82, 2.24) is 0 Å². The van der Waals surface area contributed by atoms with Crippen molar-refractivity contribution >= 4 is 17.7 Å². The third-order valence-corrected chi connectivity index (χ3v) is 1.95. The third-order valence-electron chi connectivity index (χ3n) is 1.77. The topological polar surface area (TPSA) is 18.5 Å². The molecule has 2 nitrogen and oxygen atoms in total. The van der Waals surface area contributed by atoms with Crippen LogP contribution in [0.15, 0.2) is 24.3 Å². The van der Waals surface area contributed by atoms with Crippen LogP contribution in [0.4, 0.5) is 0 Å². The molecule has 0 saturated carbocycles. The molecule has 0 bridgehead atoms. The summed E-state index contributed by atoms with van der Waals surface area (Å²) in [6.07, 6.45) is 3.80. The van der Waals surface area contributed by atoms with Crippen molar-refractivity contribution in [3.05, 3.63) is 29.8 Å². The average Bonchev–Trinajstić information content (AvgIpc) is 2.25. The zero-order chi connectivity index (χ0) is 10.4. The summed E-state index contributed by atoms with van der Waals surface area (Å²) in [5.74, 6) is 2.05. The highest BCUT2D eigenvalue weighted by molar-refractivity contribution is 6.19. The fourth-order valence-corrected chi connectivity index (χ4v) is 1.20. The van der Waals surface area contributed by atoms with Crippen LogP contribution in [-0.4, -0.2) is 20.1 Å². The number of hydrogen-bond donors (Lipinski definition) is 0. The molecular formula is C11H13ClO2. The Morgan fingerprint density at radius 3 is 2.14 bits per heavy atom. The van der Waals surface area contributed by atoms with Crippen LogP contribution >= 0.6 is 11.6 Å². The molecule has 0 spiro atoms. The van der Waals surface area contributed by atoms with Crippen molar-refractivity contribution in [1.29, 1.82) is 0 Å². The van der Waals surface area contributed by atoms with Gasteiger partial charge < -0.3 is 9.47 Å². The molecule has 0 unspecified atom stereocenters. The maximum atomic E-state index is 5.55. The maximum Gasteiger partial charge on any atom is 0.123 e. The normalized spacial score (nSPS) is 10.5. The predicted octanol–water partition coefficient (Wildman–Crippen LogP) is 2.96. The van der Waals surface area contributed by atoms with Crippen LogP contribution in [0.25, 0.3) is 6.08 Å². The van der Waals surface area contributed by atoms with Gasteiger partial charge in [0, 0.05) is 11.9 Å². The molecule has 0 N–H and O–H groups in total. The van der Waals surface area contributed by atoms with Crippen molar-refractivity contribution < 1.29 is 9.47 Å². The number of rotatable bonds is 4. The van der Waals surface area contributed by atoms with E-state index in [0.29, 0.717) is 5.88 Å². The van der Waals surface area contributed by atoms with Gasteiger partial charge in [0.15, 0.2) is 0 Å². The summed E-state index contributed by atoms with van der Waals surface area (Å²) in [5.41, 5.74) is 1.02. The van der Waals surface area contributed by atoms with Gasteiger partial charge in [0.05, 0.1) is 14.2 Å². The standard InChI is InChI=1S/C11H13ClO2/c1-13-10-6-9(4-3-5-12)7-11(8-10)14-2/h3-4,6-8H,5H2,1-2H3/b4-3+. The lowest BCUT2D eigenvalue weighted by Crippen LogP contribution is -1.88. The highest BCUT2D eigenvalue weighted by atomic mass is 35.5. The lowest BCUT2D eigenvalue weighted by Gasteiger charge is -2.05. The fourth-order valence-electron chi connectivity index (χ4n) is 1.11. The summed E-state index contributed by atoms with van der Waals surface area (Å²) < 4.78 is 10.3. The molecule has 0 amide bonds. The van der Waals surface area contributed by atoms with Crippen molar-refractivity contribution in [3.8, 4) is 11.5 Å². The minimum atomic E-state index is 0.500. The molecule has 0 aliphatic carbocycles. The molecule has 76 valence electrons. The largest absolute Gasteiger partial charge is 0.497 e. The van der Waals surface area contributed by atoms with Crippen LogP contribution in [-0.2, 0) is 0 Å². The number of alkyl halides is 1. The first-order valence-corrected chi connectivity index (χ1v) is 4.79. The number of allylic oxidation sites excluding steroid dienone is 1. The third kappa shape index (κ3) is 2.96. The minimum absolute atomic E-state index is 0.500. The smallest absolute Gasteiger partial charge is 0.123 e. The Kier molecular flexibility index (Phi) is 4.33. The molecular weight excluding hydrogens is 200 g/mol. The van der Waals surface area contributed by atoms with Crippen molar-refractivity contribution in [3.63, 3.8) is 0 Å². The van der Waals surface area contributed by atoms with E-state index in [1.54, 1.807) is 14.2 Å². The first kappa shape index (κ1) is 10.9. The van der Waals surface area contributed by atoms with E-state index < -0.39 is 0 Å². The van der Waals surface area contributed by atoms with E-state index in [-0.39, 0.29) is 0 Å². The maximum absolute atomic E-state index is 5.55. The summed E-state index contributed by atoms with van der Waals surface area (Å²) in [4.78, 5) is 0. The SMILES string of the molecule is COc1cc(/C=C/CCl)cc(OC)c1. The van der Waals surface area contributed by atoms with E-state index in [2.05, 4.69) is 0 Å². The monoisotopic (exact) mass is 212 g/mol. The molecule has 1 aromatic rings. The van der Waals surface area contributed by atoms with E-state index in [1.165, 1.54) is 0 Å². The molecule has 0 aliphatic rings. The van der Waals surface area contributed by atoms with E-state index in [4.69, 9.17) is 21.1 Å². The molecule has 3 heteroatoms. The summed E-state index contributed by atoms with van der Waals surface area (Å²) >= 11 is 5.55. The average molecular weight is 213 g/mol. The Labute approximate surface area is 89.1 Å². The van der Waals surface area contributed by atoms with Crippen LogP contribution in [0, 0.1) is 0 Å². The highest BCUT2D eigenvalue weighted by Crippen LogP contribution is 2.23. The van der Waals surface area contributed by atoms with Gasteiger partial charge in [-0.2, -0.15) is 0 Å². The first-order chi connectivity index (χ1) is 6.80. The number of ether oxygens (including phenoxy) is 2. The number of hydrogen-bond acceptors (Lipinski definition) is 2. The van der Waals surface area contributed by atoms with Gasteiger partial charge in [-0.3, -0.25) is 0 Å². The van der Waals surface area contributed by atoms with Gasteiger partial charge in [-0.25, -0.2) is 0 Å². The van der Waals surface area contributed by atoms with Crippen molar-refractivity contribution in [2.24, 2.45) is 0 Å². The van der Waals surface area contributed by atoms with Gasteiger partial charge in [0.25, 0.3) is 0 Å². The Morgan fingerprint density at radius 1 is 1.14 bits per heavy atom. The van der Waals surface area contributed by atoms with Gasteiger partial charge >= 0.3 is 0 Å². The van der Waals surface area contributed by atoms with Gasteiger partial charge in [0.2, 0.25) is 0 Å². The van der Waals surface area contributed by atoms with Crippen LogP contribution in [0.5, 0.6) is 11.5 Å². The summed E-state index contributed by atoms with van der Waals surface area (Å²) in [6, 6.07) is 5.68. The molecule has 0 aromatic heterocycles. The Balaban J connectivity index is 2.98. The highest BCUT2D eigenvalue weighted by Gasteiger charge is 1.98. The second-order valence-corrected chi connectivity index (χ2v) is 3.01. The molecule has 1 rings (SSSR count). The van der Waals surface area contributed by atoms with E-state index in [0.717, 1.165) is 17.1 Å². The minimum Gasteiger partial charge on any atom is -0.497 e. The van der Waals surface area contributed by atoms with Crippen molar-refractivity contribution in [2.45, 2.75) is 0 Å². The second kappa shape index (κ2) is 5.55. The molecule has 0 atom stereocenters. The second-order valence-electron chi connectivity index (χ2n) is 2.70. The lowest BCUT2D eigenvalue weighted by atomic mass is 10.2. The van der Waals surface area contributed by atoms with Crippen LogP contribution in [0.3, 0.4) is 0 Å². The van der Waals surface area contributed by atoms with E-state index in [1.807, 2.05) is 30.4 Å². The van der Waals surface area contributed by atoms with Crippen LogP contribution in [0.2, 0.25) is 0 Å². The quantitative estimate of drug-likeness (QED) is 0.715. The molecule has 1 aromatic carbocycles.